The van der Waals surface area contributed by atoms with E-state index in [1.54, 1.807) is 24.3 Å². The monoisotopic (exact) mass is 361 g/mol. The third kappa shape index (κ3) is 4.64. The molecule has 0 bridgehead atoms. The Morgan fingerprint density at radius 2 is 1.93 bits per heavy atom. The smallest absolute Gasteiger partial charge is 0.259 e. The Balaban J connectivity index is 1.77. The third-order valence-electron chi connectivity index (χ3n) is 4.12. The molecule has 0 atom stereocenters. The van der Waals surface area contributed by atoms with E-state index in [9.17, 15) is 4.79 Å². The molecule has 0 unspecified atom stereocenters. The number of benzene rings is 2. The van der Waals surface area contributed by atoms with Gasteiger partial charge in [0, 0.05) is 17.4 Å². The van der Waals surface area contributed by atoms with Crippen LogP contribution >= 0.6 is 0 Å². The Morgan fingerprint density at radius 3 is 2.70 bits per heavy atom. The van der Waals surface area contributed by atoms with Crippen LogP contribution in [0.4, 0.5) is 11.5 Å². The minimum Gasteiger partial charge on any atom is -0.457 e. The molecule has 27 heavy (non-hydrogen) atoms. The molecule has 0 spiro atoms. The van der Waals surface area contributed by atoms with E-state index in [-0.39, 0.29) is 11.7 Å². The summed E-state index contributed by atoms with van der Waals surface area (Å²) in [5.41, 5.74) is 8.76. The summed E-state index contributed by atoms with van der Waals surface area (Å²) in [6.45, 7) is 3.97. The van der Waals surface area contributed by atoms with E-state index in [0.29, 0.717) is 17.0 Å². The molecule has 1 aromatic heterocycles. The lowest BCUT2D eigenvalue weighted by Gasteiger charge is -2.12. The topological polar surface area (TPSA) is 77.2 Å². The molecule has 138 valence electrons. The molecule has 1 heterocycles. The SMILES string of the molecule is CCCc1ccccc1Oc1cccc(NC(=O)c2ccc(C)nc2N)c1. The maximum absolute atomic E-state index is 12.5. The number of pyridine rings is 1. The standard InChI is InChI=1S/C22H23N3O2/c1-3-7-16-8-4-5-11-20(16)27-18-10-6-9-17(14-18)25-22(26)19-13-12-15(2)24-21(19)23/h4-6,8-14H,3,7H2,1-2H3,(H2,23,24)(H,25,26). The lowest BCUT2D eigenvalue weighted by atomic mass is 10.1. The molecule has 3 rings (SSSR count). The number of aromatic nitrogens is 1. The summed E-state index contributed by atoms with van der Waals surface area (Å²) < 4.78 is 6.04. The van der Waals surface area contributed by atoms with E-state index in [4.69, 9.17) is 10.5 Å². The highest BCUT2D eigenvalue weighted by Gasteiger charge is 2.12. The van der Waals surface area contributed by atoms with Crippen molar-refractivity contribution in [3.05, 3.63) is 77.5 Å². The molecule has 0 aliphatic heterocycles. The Labute approximate surface area is 159 Å². The number of para-hydroxylation sites is 1. The third-order valence-corrected chi connectivity index (χ3v) is 4.12. The summed E-state index contributed by atoms with van der Waals surface area (Å²) in [7, 11) is 0. The minimum atomic E-state index is -0.302. The average molecular weight is 361 g/mol. The molecule has 0 fully saturated rings. The van der Waals surface area contributed by atoms with Gasteiger partial charge in [-0.25, -0.2) is 4.98 Å². The highest BCUT2D eigenvalue weighted by molar-refractivity contribution is 6.07. The van der Waals surface area contributed by atoms with Gasteiger partial charge in [0.15, 0.2) is 0 Å². The van der Waals surface area contributed by atoms with Gasteiger partial charge in [-0.3, -0.25) is 4.79 Å². The number of nitrogens with one attached hydrogen (secondary N) is 1. The van der Waals surface area contributed by atoms with Crippen molar-refractivity contribution in [3.63, 3.8) is 0 Å². The first-order valence-electron chi connectivity index (χ1n) is 8.97. The minimum absolute atomic E-state index is 0.216. The van der Waals surface area contributed by atoms with Gasteiger partial charge in [0.05, 0.1) is 5.56 Å². The summed E-state index contributed by atoms with van der Waals surface area (Å²) in [5, 5.41) is 2.85. The molecule has 2 aromatic carbocycles. The number of amides is 1. The second-order valence-electron chi connectivity index (χ2n) is 6.33. The van der Waals surface area contributed by atoms with Gasteiger partial charge in [-0.1, -0.05) is 37.6 Å². The largest absolute Gasteiger partial charge is 0.457 e. The van der Waals surface area contributed by atoms with Crippen LogP contribution in [0.1, 0.15) is 35.0 Å². The number of nitrogen functional groups attached to an aromatic ring is 1. The van der Waals surface area contributed by atoms with Crippen LogP contribution in [0.25, 0.3) is 0 Å². The molecule has 3 N–H and O–H groups in total. The molecule has 5 heteroatoms. The van der Waals surface area contributed by atoms with Crippen LogP contribution in [-0.4, -0.2) is 10.9 Å². The number of rotatable bonds is 6. The quantitative estimate of drug-likeness (QED) is 0.650. The number of hydrogen-bond acceptors (Lipinski definition) is 4. The average Bonchev–Trinajstić information content (AvgIpc) is 2.64. The van der Waals surface area contributed by atoms with Gasteiger partial charge in [0.2, 0.25) is 0 Å². The van der Waals surface area contributed by atoms with E-state index in [1.165, 1.54) is 0 Å². The van der Waals surface area contributed by atoms with E-state index >= 15 is 0 Å². The molecular weight excluding hydrogens is 338 g/mol. The zero-order valence-corrected chi connectivity index (χ0v) is 15.5. The van der Waals surface area contributed by atoms with Crippen molar-refractivity contribution in [2.45, 2.75) is 26.7 Å². The summed E-state index contributed by atoms with van der Waals surface area (Å²) in [5.74, 6) is 1.40. The molecule has 0 aliphatic carbocycles. The summed E-state index contributed by atoms with van der Waals surface area (Å²) in [4.78, 5) is 16.6. The number of carbonyl (C=O) groups excluding carboxylic acids is 1. The highest BCUT2D eigenvalue weighted by Crippen LogP contribution is 2.28. The van der Waals surface area contributed by atoms with Crippen molar-refractivity contribution in [2.24, 2.45) is 0 Å². The molecular formula is C22H23N3O2. The Morgan fingerprint density at radius 1 is 1.11 bits per heavy atom. The van der Waals surface area contributed by atoms with Crippen LogP contribution in [0.15, 0.2) is 60.7 Å². The van der Waals surface area contributed by atoms with Crippen LogP contribution in [0.2, 0.25) is 0 Å². The lowest BCUT2D eigenvalue weighted by Crippen LogP contribution is -2.15. The lowest BCUT2D eigenvalue weighted by molar-refractivity contribution is 0.102. The van der Waals surface area contributed by atoms with Crippen LogP contribution in [-0.2, 0) is 6.42 Å². The highest BCUT2D eigenvalue weighted by atomic mass is 16.5. The predicted molar refractivity (Wildman–Crippen MR) is 108 cm³/mol. The number of aryl methyl sites for hydroxylation is 2. The number of nitrogens with two attached hydrogens (primary N) is 1. The van der Waals surface area contributed by atoms with Crippen molar-refractivity contribution in [1.82, 2.24) is 4.98 Å². The fraction of sp³-hybridized carbons (Fsp3) is 0.182. The Bertz CT molecular complexity index is 954. The Kier molecular flexibility index (Phi) is 5.71. The first-order valence-corrected chi connectivity index (χ1v) is 8.97. The summed E-state index contributed by atoms with van der Waals surface area (Å²) in [6, 6.07) is 18.7. The van der Waals surface area contributed by atoms with Gasteiger partial charge in [0.1, 0.15) is 17.3 Å². The fourth-order valence-electron chi connectivity index (χ4n) is 2.81. The van der Waals surface area contributed by atoms with Crippen molar-refractivity contribution in [1.29, 1.82) is 0 Å². The first kappa shape index (κ1) is 18.5. The van der Waals surface area contributed by atoms with Crippen LogP contribution in [0, 0.1) is 6.92 Å². The van der Waals surface area contributed by atoms with Gasteiger partial charge in [-0.2, -0.15) is 0 Å². The van der Waals surface area contributed by atoms with E-state index in [1.807, 2.05) is 37.3 Å². The van der Waals surface area contributed by atoms with Crippen LogP contribution < -0.4 is 15.8 Å². The van der Waals surface area contributed by atoms with Crippen molar-refractivity contribution in [3.8, 4) is 11.5 Å². The van der Waals surface area contributed by atoms with Crippen molar-refractivity contribution in [2.75, 3.05) is 11.1 Å². The normalized spacial score (nSPS) is 10.4. The summed E-state index contributed by atoms with van der Waals surface area (Å²) in [6.07, 6.45) is 1.99. The molecule has 0 aliphatic rings. The van der Waals surface area contributed by atoms with Gasteiger partial charge in [-0.05, 0) is 49.2 Å². The fourth-order valence-corrected chi connectivity index (χ4v) is 2.81. The number of ether oxygens (including phenoxy) is 1. The number of carbonyl (C=O) groups is 1. The zero-order chi connectivity index (χ0) is 19.2. The summed E-state index contributed by atoms with van der Waals surface area (Å²) >= 11 is 0. The maximum Gasteiger partial charge on any atom is 0.259 e. The molecule has 5 nitrogen and oxygen atoms in total. The number of nitrogens with zero attached hydrogens (tertiary/aromatic N) is 1. The van der Waals surface area contributed by atoms with Gasteiger partial charge < -0.3 is 15.8 Å². The van der Waals surface area contributed by atoms with Crippen LogP contribution in [0.3, 0.4) is 0 Å². The van der Waals surface area contributed by atoms with Crippen molar-refractivity contribution >= 4 is 17.4 Å². The Hall–Kier alpha value is -3.34. The van der Waals surface area contributed by atoms with Gasteiger partial charge >= 0.3 is 0 Å². The molecule has 0 saturated carbocycles. The van der Waals surface area contributed by atoms with E-state index in [2.05, 4.69) is 23.3 Å². The first-order chi connectivity index (χ1) is 13.1. The van der Waals surface area contributed by atoms with Crippen molar-refractivity contribution < 1.29 is 9.53 Å². The second kappa shape index (κ2) is 8.36. The van der Waals surface area contributed by atoms with E-state index < -0.39 is 0 Å². The number of hydrogen-bond donors (Lipinski definition) is 2. The molecule has 0 radical (unpaired) electrons. The zero-order valence-electron chi connectivity index (χ0n) is 15.5. The predicted octanol–water partition coefficient (Wildman–Crippen LogP) is 4.97. The number of anilines is 2. The second-order valence-corrected chi connectivity index (χ2v) is 6.33. The molecule has 0 saturated heterocycles. The molecule has 3 aromatic rings. The van der Waals surface area contributed by atoms with Crippen LogP contribution in [0.5, 0.6) is 11.5 Å². The molecule has 1 amide bonds. The van der Waals surface area contributed by atoms with Gasteiger partial charge in [0.25, 0.3) is 5.91 Å². The van der Waals surface area contributed by atoms with Gasteiger partial charge in [-0.15, -0.1) is 0 Å². The van der Waals surface area contributed by atoms with E-state index in [0.717, 1.165) is 29.8 Å². The maximum atomic E-state index is 12.5.